The fraction of sp³-hybridized carbons (Fsp3) is 0.611. The van der Waals surface area contributed by atoms with Crippen molar-refractivity contribution in [2.75, 3.05) is 37.6 Å². The highest BCUT2D eigenvalue weighted by molar-refractivity contribution is 5.87. The van der Waals surface area contributed by atoms with Gasteiger partial charge in [0.1, 0.15) is 0 Å². The van der Waals surface area contributed by atoms with E-state index >= 15 is 0 Å². The number of anilines is 1. The van der Waals surface area contributed by atoms with Gasteiger partial charge in [0, 0.05) is 31.9 Å². The lowest BCUT2D eigenvalue weighted by atomic mass is 9.92. The number of aryl methyl sites for hydroxylation is 1. The minimum absolute atomic E-state index is 0. The molecular formula is C18H29Cl2N3O. The molecule has 0 saturated carbocycles. The van der Waals surface area contributed by atoms with Crippen molar-refractivity contribution in [2.24, 2.45) is 0 Å². The number of hydrogen-bond acceptors (Lipinski definition) is 3. The number of nitrogens with one attached hydrogen (secondary N) is 1. The molecule has 2 aliphatic rings. The molecule has 0 bridgehead atoms. The normalized spacial score (nSPS) is 23.4. The Morgan fingerprint density at radius 1 is 1.21 bits per heavy atom. The Morgan fingerprint density at radius 3 is 2.46 bits per heavy atom. The van der Waals surface area contributed by atoms with E-state index in [0.29, 0.717) is 5.91 Å². The van der Waals surface area contributed by atoms with Gasteiger partial charge in [-0.2, -0.15) is 0 Å². The summed E-state index contributed by atoms with van der Waals surface area (Å²) < 4.78 is 0. The summed E-state index contributed by atoms with van der Waals surface area (Å²) in [7, 11) is 0. The van der Waals surface area contributed by atoms with Crippen LogP contribution in [0.2, 0.25) is 0 Å². The Hall–Kier alpha value is -0.970. The predicted molar refractivity (Wildman–Crippen MR) is 105 cm³/mol. The molecule has 1 aromatic rings. The van der Waals surface area contributed by atoms with E-state index in [-0.39, 0.29) is 30.4 Å². The molecule has 2 heterocycles. The molecule has 0 spiro atoms. The van der Waals surface area contributed by atoms with E-state index in [4.69, 9.17) is 0 Å². The quantitative estimate of drug-likeness (QED) is 0.884. The monoisotopic (exact) mass is 373 g/mol. The van der Waals surface area contributed by atoms with Crippen LogP contribution in [0.3, 0.4) is 0 Å². The molecule has 24 heavy (non-hydrogen) atoms. The summed E-state index contributed by atoms with van der Waals surface area (Å²) in [6, 6.07) is 8.62. The summed E-state index contributed by atoms with van der Waals surface area (Å²) >= 11 is 0. The topological polar surface area (TPSA) is 35.6 Å². The first-order valence-corrected chi connectivity index (χ1v) is 8.51. The Bertz CT molecular complexity index is 539. The Balaban J connectivity index is 0.00000144. The van der Waals surface area contributed by atoms with Gasteiger partial charge in [0.25, 0.3) is 0 Å². The fourth-order valence-corrected chi connectivity index (χ4v) is 3.74. The number of piperazine rings is 1. The van der Waals surface area contributed by atoms with E-state index in [2.05, 4.69) is 53.2 Å². The molecular weight excluding hydrogens is 345 g/mol. The summed E-state index contributed by atoms with van der Waals surface area (Å²) in [5.41, 5.74) is 2.28. The predicted octanol–water partition coefficient (Wildman–Crippen LogP) is 3.02. The van der Waals surface area contributed by atoms with Crippen molar-refractivity contribution in [3.05, 3.63) is 29.8 Å². The first-order chi connectivity index (χ1) is 10.6. The lowest BCUT2D eigenvalue weighted by molar-refractivity contribution is -0.138. The Morgan fingerprint density at radius 2 is 1.92 bits per heavy atom. The minimum atomic E-state index is -0.286. The number of amides is 1. The summed E-state index contributed by atoms with van der Waals surface area (Å²) in [4.78, 5) is 17.3. The van der Waals surface area contributed by atoms with Crippen LogP contribution in [0.1, 0.15) is 31.7 Å². The SMILES string of the molecule is CCC1(C(=O)N2CCN(c3cccc(C)c3)CC2)CCCN1.Cl.Cl. The van der Waals surface area contributed by atoms with Crippen LogP contribution in [-0.4, -0.2) is 49.1 Å². The van der Waals surface area contributed by atoms with Crippen molar-refractivity contribution < 1.29 is 4.79 Å². The standard InChI is InChI=1S/C18H27N3O.2ClH/c1-3-18(8-5-9-19-18)17(22)21-12-10-20(11-13-21)16-7-4-6-15(2)14-16;;/h4,6-7,14,19H,3,5,8-13H2,1-2H3;2*1H. The van der Waals surface area contributed by atoms with Gasteiger partial charge < -0.3 is 15.1 Å². The highest BCUT2D eigenvalue weighted by atomic mass is 35.5. The van der Waals surface area contributed by atoms with Crippen molar-refractivity contribution in [2.45, 2.75) is 38.6 Å². The molecule has 2 aliphatic heterocycles. The van der Waals surface area contributed by atoms with Crippen LogP contribution in [-0.2, 0) is 4.79 Å². The largest absolute Gasteiger partial charge is 0.368 e. The van der Waals surface area contributed by atoms with Crippen LogP contribution < -0.4 is 10.2 Å². The molecule has 0 radical (unpaired) electrons. The number of nitrogens with zero attached hydrogens (tertiary/aromatic N) is 2. The summed E-state index contributed by atoms with van der Waals surface area (Å²) in [6.07, 6.45) is 2.99. The highest BCUT2D eigenvalue weighted by Crippen LogP contribution is 2.26. The maximum Gasteiger partial charge on any atom is 0.242 e. The van der Waals surface area contributed by atoms with E-state index < -0.39 is 0 Å². The first kappa shape index (κ1) is 21.1. The zero-order valence-corrected chi connectivity index (χ0v) is 16.2. The van der Waals surface area contributed by atoms with Gasteiger partial charge in [0.2, 0.25) is 5.91 Å². The molecule has 2 saturated heterocycles. The van der Waals surface area contributed by atoms with Crippen LogP contribution in [0.15, 0.2) is 24.3 Å². The summed E-state index contributed by atoms with van der Waals surface area (Å²) in [5, 5.41) is 3.46. The van der Waals surface area contributed by atoms with Gasteiger partial charge in [-0.1, -0.05) is 19.1 Å². The maximum atomic E-state index is 12.9. The summed E-state index contributed by atoms with van der Waals surface area (Å²) in [5.74, 6) is 0.316. The van der Waals surface area contributed by atoms with Crippen LogP contribution >= 0.6 is 24.8 Å². The number of halogens is 2. The summed E-state index contributed by atoms with van der Waals surface area (Å²) in [6.45, 7) is 8.73. The molecule has 4 nitrogen and oxygen atoms in total. The lowest BCUT2D eigenvalue weighted by Gasteiger charge is -2.40. The van der Waals surface area contributed by atoms with E-state index in [9.17, 15) is 4.79 Å². The molecule has 0 aromatic heterocycles. The molecule has 136 valence electrons. The number of carbonyl (C=O) groups is 1. The van der Waals surface area contributed by atoms with Gasteiger partial charge in [-0.3, -0.25) is 4.79 Å². The molecule has 0 aliphatic carbocycles. The van der Waals surface area contributed by atoms with Crippen molar-refractivity contribution >= 4 is 36.4 Å². The average molecular weight is 374 g/mol. The van der Waals surface area contributed by atoms with Gasteiger partial charge in [-0.05, 0) is 50.4 Å². The van der Waals surface area contributed by atoms with Crippen LogP contribution in [0, 0.1) is 6.92 Å². The van der Waals surface area contributed by atoms with E-state index in [0.717, 1.165) is 52.0 Å². The molecule has 1 N–H and O–H groups in total. The molecule has 1 amide bonds. The van der Waals surface area contributed by atoms with Gasteiger partial charge in [0.15, 0.2) is 0 Å². The second kappa shape index (κ2) is 8.93. The lowest BCUT2D eigenvalue weighted by Crippen LogP contribution is -2.59. The third-order valence-corrected chi connectivity index (χ3v) is 5.19. The van der Waals surface area contributed by atoms with Gasteiger partial charge in [-0.15, -0.1) is 24.8 Å². The van der Waals surface area contributed by atoms with Gasteiger partial charge in [-0.25, -0.2) is 0 Å². The van der Waals surface area contributed by atoms with E-state index in [1.807, 2.05) is 0 Å². The number of carbonyl (C=O) groups excluding carboxylic acids is 1. The second-order valence-electron chi connectivity index (χ2n) is 6.58. The Labute approximate surface area is 157 Å². The van der Waals surface area contributed by atoms with Gasteiger partial charge >= 0.3 is 0 Å². The van der Waals surface area contributed by atoms with Crippen molar-refractivity contribution in [1.29, 1.82) is 0 Å². The number of benzene rings is 1. The first-order valence-electron chi connectivity index (χ1n) is 8.51. The molecule has 1 atom stereocenters. The fourth-order valence-electron chi connectivity index (χ4n) is 3.74. The Kier molecular flexibility index (Phi) is 7.84. The third kappa shape index (κ3) is 4.16. The second-order valence-corrected chi connectivity index (χ2v) is 6.58. The molecule has 6 heteroatoms. The average Bonchev–Trinajstić information content (AvgIpc) is 3.04. The van der Waals surface area contributed by atoms with Crippen molar-refractivity contribution in [3.63, 3.8) is 0 Å². The smallest absolute Gasteiger partial charge is 0.242 e. The van der Waals surface area contributed by atoms with Crippen LogP contribution in [0.25, 0.3) is 0 Å². The third-order valence-electron chi connectivity index (χ3n) is 5.19. The maximum absolute atomic E-state index is 12.9. The molecule has 1 aromatic carbocycles. The van der Waals surface area contributed by atoms with Gasteiger partial charge in [0.05, 0.1) is 5.54 Å². The zero-order valence-electron chi connectivity index (χ0n) is 14.6. The number of hydrogen-bond donors (Lipinski definition) is 1. The minimum Gasteiger partial charge on any atom is -0.368 e. The van der Waals surface area contributed by atoms with Crippen LogP contribution in [0.5, 0.6) is 0 Å². The van der Waals surface area contributed by atoms with E-state index in [1.54, 1.807) is 0 Å². The van der Waals surface area contributed by atoms with E-state index in [1.165, 1.54) is 11.3 Å². The van der Waals surface area contributed by atoms with Crippen molar-refractivity contribution in [3.8, 4) is 0 Å². The molecule has 1 unspecified atom stereocenters. The zero-order chi connectivity index (χ0) is 15.6. The molecule has 3 rings (SSSR count). The highest BCUT2D eigenvalue weighted by Gasteiger charge is 2.42. The van der Waals surface area contributed by atoms with Crippen molar-refractivity contribution in [1.82, 2.24) is 10.2 Å². The van der Waals surface area contributed by atoms with Crippen LogP contribution in [0.4, 0.5) is 5.69 Å². The number of rotatable bonds is 3. The molecule has 2 fully saturated rings.